The minimum absolute atomic E-state index is 0. The maximum atomic E-state index is 3.60. The van der Waals surface area contributed by atoms with Crippen molar-refractivity contribution >= 4 is 37.2 Å². The van der Waals surface area contributed by atoms with E-state index in [2.05, 4.69) is 48.5 Å². The predicted octanol–water partition coefficient (Wildman–Crippen LogP) is 5.40. The number of hydrogen-bond acceptors (Lipinski definition) is 0. The molecule has 0 N–H and O–H groups in total. The summed E-state index contributed by atoms with van der Waals surface area (Å²) in [6.45, 7) is 18.4. The van der Waals surface area contributed by atoms with Crippen molar-refractivity contribution in [1.82, 2.24) is 0 Å². The Balaban J connectivity index is -0.0000000700. The summed E-state index contributed by atoms with van der Waals surface area (Å²) in [5.74, 6) is 0. The molecule has 0 saturated carbocycles. The molecule has 0 radical (unpaired) electrons. The van der Waals surface area contributed by atoms with E-state index in [1.807, 2.05) is 0 Å². The van der Waals surface area contributed by atoms with E-state index in [0.29, 0.717) is 0 Å². The summed E-state index contributed by atoms with van der Waals surface area (Å²) in [6, 6.07) is 0. The molecule has 0 aliphatic heterocycles. The zero-order valence-corrected chi connectivity index (χ0v) is 15.2. The Morgan fingerprint density at radius 2 is 0.875 bits per heavy atom. The van der Waals surface area contributed by atoms with E-state index in [1.165, 1.54) is 28.7 Å². The smallest absolute Gasteiger partial charge is 0.343 e. The van der Waals surface area contributed by atoms with E-state index < -0.39 is 0 Å². The van der Waals surface area contributed by atoms with E-state index in [1.54, 1.807) is 0 Å². The van der Waals surface area contributed by atoms with Crippen molar-refractivity contribution in [3.05, 3.63) is 13.8 Å². The van der Waals surface area contributed by atoms with Crippen LogP contribution in [0.3, 0.4) is 0 Å². The molecule has 0 atom stereocenters. The topological polar surface area (TPSA) is 0 Å². The van der Waals surface area contributed by atoms with Gasteiger partial charge >= 0.3 is 23.1 Å². The third-order valence-corrected chi connectivity index (χ3v) is 5.90. The van der Waals surface area contributed by atoms with Crippen LogP contribution in [0.2, 0.25) is 15.8 Å². The fourth-order valence-corrected chi connectivity index (χ4v) is 2.60. The van der Waals surface area contributed by atoms with E-state index in [9.17, 15) is 0 Å². The summed E-state index contributed by atoms with van der Waals surface area (Å²) in [5, 5.41) is 4.48. The average molecular weight is 253 g/mol. The van der Waals surface area contributed by atoms with E-state index in [0.717, 1.165) is 12.8 Å². The van der Waals surface area contributed by atoms with Gasteiger partial charge in [0.1, 0.15) is 0 Å². The Labute approximate surface area is 127 Å². The quantitative estimate of drug-likeness (QED) is 0.454. The van der Waals surface area contributed by atoms with Crippen molar-refractivity contribution in [2.24, 2.45) is 0 Å². The van der Waals surface area contributed by atoms with Crippen LogP contribution in [-0.4, -0.2) is 37.2 Å². The first-order valence-electron chi connectivity index (χ1n) is 6.76. The van der Waals surface area contributed by atoms with Crippen LogP contribution < -0.4 is 0 Å². The van der Waals surface area contributed by atoms with Crippen LogP contribution in [0.15, 0.2) is 0 Å². The summed E-state index contributed by atoms with van der Waals surface area (Å²) >= 11 is -0.171. The summed E-state index contributed by atoms with van der Waals surface area (Å²) in [7, 11) is 0. The van der Waals surface area contributed by atoms with Gasteiger partial charge < -0.3 is 13.8 Å². The molecule has 0 heterocycles. The molecule has 0 nitrogen and oxygen atoms in total. The zero-order chi connectivity index (χ0) is 12.5. The van der Waals surface area contributed by atoms with Gasteiger partial charge in [0.2, 0.25) is 0 Å². The second-order valence-corrected chi connectivity index (χ2v) is 7.98. The summed E-state index contributed by atoms with van der Waals surface area (Å²) in [6.07, 6.45) is 4.56. The Bertz CT molecular complexity index is 59.6. The normalized spacial score (nSPS) is 7.69. The molecule has 16 heavy (non-hydrogen) atoms. The zero-order valence-electron chi connectivity index (χ0n) is 12.6. The Morgan fingerprint density at radius 3 is 0.875 bits per heavy atom. The maximum absolute atomic E-state index is 3.60. The van der Waals surface area contributed by atoms with Crippen LogP contribution in [0.5, 0.6) is 0 Å². The van der Waals surface area contributed by atoms with Crippen molar-refractivity contribution in [2.75, 3.05) is 0 Å². The Morgan fingerprint density at radius 1 is 0.688 bits per heavy atom. The van der Waals surface area contributed by atoms with Gasteiger partial charge in [-0.15, -0.1) is 0 Å². The molecular formula is C14H33AlMg. The fraction of sp³-hybridized carbons (Fsp3) is 0.857. The molecule has 2 heteroatoms. The third-order valence-electron chi connectivity index (χ3n) is 2.44. The van der Waals surface area contributed by atoms with E-state index >= 15 is 0 Å². The van der Waals surface area contributed by atoms with E-state index in [4.69, 9.17) is 0 Å². The first kappa shape index (κ1) is 26.0. The summed E-state index contributed by atoms with van der Waals surface area (Å²) in [5.41, 5.74) is 0. The van der Waals surface area contributed by atoms with Crippen molar-refractivity contribution in [3.8, 4) is 0 Å². The van der Waals surface area contributed by atoms with Gasteiger partial charge in [-0.2, -0.15) is 12.8 Å². The molecule has 0 amide bonds. The van der Waals surface area contributed by atoms with Crippen LogP contribution in [0, 0.1) is 13.8 Å². The third kappa shape index (κ3) is 36.2. The minimum Gasteiger partial charge on any atom is -0.343 e. The minimum atomic E-state index is -0.171. The summed E-state index contributed by atoms with van der Waals surface area (Å²) in [4.78, 5) is 0. The fourth-order valence-electron chi connectivity index (χ4n) is 0.866. The van der Waals surface area contributed by atoms with Gasteiger partial charge in [0.15, 0.2) is 0 Å². The van der Waals surface area contributed by atoms with Gasteiger partial charge in [-0.3, -0.25) is 0 Å². The van der Waals surface area contributed by atoms with Gasteiger partial charge in [0, 0.05) is 0 Å². The summed E-state index contributed by atoms with van der Waals surface area (Å²) < 4.78 is 0. The molecule has 0 rings (SSSR count). The first-order valence-corrected chi connectivity index (χ1v) is 9.21. The molecule has 0 aliphatic rings. The molecule has 0 aromatic carbocycles. The number of hydrogen-bond donors (Lipinski definition) is 0. The van der Waals surface area contributed by atoms with Crippen molar-refractivity contribution in [3.63, 3.8) is 0 Å². The monoisotopic (exact) mass is 252 g/mol. The first-order chi connectivity index (χ1) is 7.17. The average Bonchev–Trinajstić information content (AvgIpc) is 2.32. The van der Waals surface area contributed by atoms with Crippen molar-refractivity contribution in [1.29, 1.82) is 0 Å². The Hall–Kier alpha value is 1.30. The molecule has 0 aromatic heterocycles. The van der Waals surface area contributed by atoms with Gasteiger partial charge in [-0.05, 0) is 0 Å². The van der Waals surface area contributed by atoms with Gasteiger partial charge in [0.25, 0.3) is 14.1 Å². The SMILES string of the molecule is C[CH2][Al]([CH2]C)[CH2]C.[CH2-]CCC.[CH2-]CCC.[Mg+2]. The Kier molecular flexibility index (Phi) is 48.5. The predicted molar refractivity (Wildman–Crippen MR) is 83.5 cm³/mol. The standard InChI is InChI=1S/2C4H9.3C2H5.Al.Mg/c2*1-3-4-2;3*1-2;;/h2*1,3-4H2,2H3;3*1H2,2H3;;/q2*-1;;;;;+2. The molecule has 0 fully saturated rings. The molecule has 0 bridgehead atoms. The van der Waals surface area contributed by atoms with Crippen LogP contribution in [0.25, 0.3) is 0 Å². The molecule has 0 aliphatic carbocycles. The molecular weight excluding hydrogens is 219 g/mol. The van der Waals surface area contributed by atoms with Crippen LogP contribution in [0.1, 0.15) is 60.3 Å². The van der Waals surface area contributed by atoms with Crippen LogP contribution in [0.4, 0.5) is 0 Å². The maximum Gasteiger partial charge on any atom is 2.00 e. The molecule has 0 aromatic rings. The second-order valence-electron chi connectivity index (χ2n) is 3.80. The van der Waals surface area contributed by atoms with E-state index in [-0.39, 0.29) is 37.2 Å². The van der Waals surface area contributed by atoms with Crippen molar-refractivity contribution < 1.29 is 0 Å². The largest absolute Gasteiger partial charge is 2.00 e. The van der Waals surface area contributed by atoms with Crippen LogP contribution >= 0.6 is 0 Å². The second kappa shape index (κ2) is 29.9. The van der Waals surface area contributed by atoms with Gasteiger partial charge in [-0.25, -0.2) is 0 Å². The molecule has 0 saturated heterocycles. The molecule has 0 spiro atoms. The van der Waals surface area contributed by atoms with Gasteiger partial charge in [-0.1, -0.05) is 63.3 Å². The van der Waals surface area contributed by atoms with Crippen molar-refractivity contribution in [2.45, 2.75) is 76.2 Å². The molecule has 94 valence electrons. The van der Waals surface area contributed by atoms with Gasteiger partial charge in [0.05, 0.1) is 0 Å². The molecule has 0 unspecified atom stereocenters. The number of rotatable bonds is 5. The van der Waals surface area contributed by atoms with Crippen LogP contribution in [-0.2, 0) is 0 Å². The number of unbranched alkanes of at least 4 members (excludes halogenated alkanes) is 2.